The number of aliphatic hydroxyl groups is 1. The van der Waals surface area contributed by atoms with Crippen molar-refractivity contribution in [3.05, 3.63) is 29.6 Å². The summed E-state index contributed by atoms with van der Waals surface area (Å²) < 4.78 is 0. The normalized spacial score (nSPS) is 19.6. The van der Waals surface area contributed by atoms with Gasteiger partial charge in [-0.25, -0.2) is 0 Å². The van der Waals surface area contributed by atoms with E-state index in [-0.39, 0.29) is 18.6 Å². The average Bonchev–Trinajstić information content (AvgIpc) is 2.84. The van der Waals surface area contributed by atoms with E-state index in [1.54, 1.807) is 18.3 Å². The van der Waals surface area contributed by atoms with Crippen LogP contribution in [0.4, 0.5) is 0 Å². The van der Waals surface area contributed by atoms with Crippen molar-refractivity contribution in [1.29, 1.82) is 0 Å². The van der Waals surface area contributed by atoms with Crippen LogP contribution in [0.2, 0.25) is 0 Å². The second-order valence-electron chi connectivity index (χ2n) is 5.13. The van der Waals surface area contributed by atoms with E-state index in [0.717, 1.165) is 25.2 Å². The maximum Gasteiger partial charge on any atom is 0.254 e. The summed E-state index contributed by atoms with van der Waals surface area (Å²) in [5.74, 6) is 0.0295. The number of aromatic nitrogens is 1. The Kier molecular flexibility index (Phi) is 4.50. The summed E-state index contributed by atoms with van der Waals surface area (Å²) in [4.78, 5) is 20.6. The van der Waals surface area contributed by atoms with Gasteiger partial charge in [-0.05, 0) is 32.1 Å². The standard InChI is InChI=1S/C14H21N3O2/c1-16-7-4-13(10-16)17(2)14(19)11-3-6-15-12(9-11)5-8-18/h3,6,9,13,18H,4-5,7-8,10H2,1-2H3. The minimum Gasteiger partial charge on any atom is -0.396 e. The van der Waals surface area contributed by atoms with Crippen LogP contribution >= 0.6 is 0 Å². The number of hydrogen-bond donors (Lipinski definition) is 1. The monoisotopic (exact) mass is 263 g/mol. The Bertz CT molecular complexity index is 450. The first-order valence-electron chi connectivity index (χ1n) is 6.63. The van der Waals surface area contributed by atoms with Gasteiger partial charge in [-0.2, -0.15) is 0 Å². The number of carbonyl (C=O) groups excluding carboxylic acids is 1. The lowest BCUT2D eigenvalue weighted by Gasteiger charge is -2.24. The van der Waals surface area contributed by atoms with Crippen LogP contribution in [0.1, 0.15) is 22.5 Å². The zero-order chi connectivity index (χ0) is 13.8. The van der Waals surface area contributed by atoms with E-state index in [0.29, 0.717) is 12.0 Å². The lowest BCUT2D eigenvalue weighted by molar-refractivity contribution is 0.0737. The maximum absolute atomic E-state index is 12.4. The number of rotatable bonds is 4. The van der Waals surface area contributed by atoms with Crippen molar-refractivity contribution in [1.82, 2.24) is 14.8 Å². The molecule has 1 atom stereocenters. The summed E-state index contributed by atoms with van der Waals surface area (Å²) in [6.07, 6.45) is 3.14. The zero-order valence-electron chi connectivity index (χ0n) is 11.5. The number of hydrogen-bond acceptors (Lipinski definition) is 4. The first kappa shape index (κ1) is 14.0. The molecule has 1 N–H and O–H groups in total. The highest BCUT2D eigenvalue weighted by molar-refractivity contribution is 5.94. The SMILES string of the molecule is CN1CCC(N(C)C(=O)c2ccnc(CCO)c2)C1. The fourth-order valence-electron chi connectivity index (χ4n) is 2.46. The van der Waals surface area contributed by atoms with Crippen LogP contribution < -0.4 is 0 Å². The molecule has 5 heteroatoms. The van der Waals surface area contributed by atoms with Crippen LogP contribution in [0.3, 0.4) is 0 Å². The molecular formula is C14H21N3O2. The first-order chi connectivity index (χ1) is 9.11. The van der Waals surface area contributed by atoms with Crippen LogP contribution in [0.15, 0.2) is 18.3 Å². The van der Waals surface area contributed by atoms with E-state index < -0.39 is 0 Å². The Hall–Kier alpha value is -1.46. The summed E-state index contributed by atoms with van der Waals surface area (Å²) in [6.45, 7) is 2.01. The molecule has 0 spiro atoms. The molecule has 0 aromatic carbocycles. The molecule has 0 radical (unpaired) electrons. The number of likely N-dealkylation sites (tertiary alicyclic amines) is 1. The largest absolute Gasteiger partial charge is 0.396 e. The molecular weight excluding hydrogens is 242 g/mol. The van der Waals surface area contributed by atoms with Crippen molar-refractivity contribution in [3.63, 3.8) is 0 Å². The lowest BCUT2D eigenvalue weighted by atomic mass is 10.1. The van der Waals surface area contributed by atoms with Crippen molar-refractivity contribution in [2.24, 2.45) is 0 Å². The molecule has 2 heterocycles. The predicted octanol–water partition coefficient (Wildman–Crippen LogP) is 0.392. The Morgan fingerprint density at radius 2 is 2.42 bits per heavy atom. The van der Waals surface area contributed by atoms with Gasteiger partial charge in [0.05, 0.1) is 0 Å². The van der Waals surface area contributed by atoms with Gasteiger partial charge in [0.2, 0.25) is 0 Å². The van der Waals surface area contributed by atoms with Crippen molar-refractivity contribution < 1.29 is 9.90 Å². The molecule has 1 saturated heterocycles. The van der Waals surface area contributed by atoms with Crippen LogP contribution in [0.5, 0.6) is 0 Å². The molecule has 1 aliphatic heterocycles. The molecule has 0 saturated carbocycles. The van der Waals surface area contributed by atoms with Gasteiger partial charge < -0.3 is 14.9 Å². The van der Waals surface area contributed by atoms with Crippen LogP contribution in [0.25, 0.3) is 0 Å². The lowest BCUT2D eigenvalue weighted by Crippen LogP contribution is -2.38. The highest BCUT2D eigenvalue weighted by Gasteiger charge is 2.27. The molecule has 1 aromatic rings. The zero-order valence-corrected chi connectivity index (χ0v) is 11.5. The smallest absolute Gasteiger partial charge is 0.254 e. The number of likely N-dealkylation sites (N-methyl/N-ethyl adjacent to an activating group) is 2. The Morgan fingerprint density at radius 3 is 3.05 bits per heavy atom. The first-order valence-corrected chi connectivity index (χ1v) is 6.63. The van der Waals surface area contributed by atoms with Gasteiger partial charge in [0, 0.05) is 50.1 Å². The Morgan fingerprint density at radius 1 is 1.63 bits per heavy atom. The van der Waals surface area contributed by atoms with E-state index >= 15 is 0 Å². The number of carbonyl (C=O) groups is 1. The molecule has 1 amide bonds. The summed E-state index contributed by atoms with van der Waals surface area (Å²) in [6, 6.07) is 3.79. The van der Waals surface area contributed by atoms with Crippen molar-refractivity contribution in [2.45, 2.75) is 18.9 Å². The second kappa shape index (κ2) is 6.12. The van der Waals surface area contributed by atoms with E-state index in [2.05, 4.69) is 16.9 Å². The second-order valence-corrected chi connectivity index (χ2v) is 5.13. The van der Waals surface area contributed by atoms with Crippen LogP contribution in [0, 0.1) is 0 Å². The molecule has 1 unspecified atom stereocenters. The summed E-state index contributed by atoms with van der Waals surface area (Å²) in [5, 5.41) is 8.92. The molecule has 2 rings (SSSR count). The van der Waals surface area contributed by atoms with Gasteiger partial charge in [0.1, 0.15) is 0 Å². The van der Waals surface area contributed by atoms with E-state index in [1.165, 1.54) is 0 Å². The summed E-state index contributed by atoms with van der Waals surface area (Å²) in [5.41, 5.74) is 1.40. The topological polar surface area (TPSA) is 56.7 Å². The molecule has 0 bridgehead atoms. The third-order valence-electron chi connectivity index (χ3n) is 3.67. The van der Waals surface area contributed by atoms with Gasteiger partial charge in [0.25, 0.3) is 5.91 Å². The Balaban J connectivity index is 2.08. The number of nitrogens with zero attached hydrogens (tertiary/aromatic N) is 3. The summed E-state index contributed by atoms with van der Waals surface area (Å²) in [7, 11) is 3.93. The number of pyridine rings is 1. The van der Waals surface area contributed by atoms with E-state index in [1.807, 2.05) is 11.9 Å². The fourth-order valence-corrected chi connectivity index (χ4v) is 2.46. The maximum atomic E-state index is 12.4. The van der Waals surface area contributed by atoms with Gasteiger partial charge in [0.15, 0.2) is 0 Å². The minimum absolute atomic E-state index is 0.0295. The van der Waals surface area contributed by atoms with Crippen molar-refractivity contribution in [3.8, 4) is 0 Å². The highest BCUT2D eigenvalue weighted by Crippen LogP contribution is 2.15. The predicted molar refractivity (Wildman–Crippen MR) is 73.0 cm³/mol. The quantitative estimate of drug-likeness (QED) is 0.854. The third-order valence-corrected chi connectivity index (χ3v) is 3.67. The average molecular weight is 263 g/mol. The van der Waals surface area contributed by atoms with Gasteiger partial charge in [-0.1, -0.05) is 0 Å². The molecule has 0 aliphatic carbocycles. The Labute approximate surface area is 113 Å². The van der Waals surface area contributed by atoms with Gasteiger partial charge >= 0.3 is 0 Å². The van der Waals surface area contributed by atoms with Crippen LogP contribution in [-0.4, -0.2) is 65.6 Å². The molecule has 19 heavy (non-hydrogen) atoms. The molecule has 1 aliphatic rings. The molecule has 5 nitrogen and oxygen atoms in total. The van der Waals surface area contributed by atoms with E-state index in [4.69, 9.17) is 5.11 Å². The molecule has 104 valence electrons. The third kappa shape index (κ3) is 3.30. The van der Waals surface area contributed by atoms with Gasteiger partial charge in [-0.3, -0.25) is 9.78 Å². The van der Waals surface area contributed by atoms with Crippen molar-refractivity contribution >= 4 is 5.91 Å². The van der Waals surface area contributed by atoms with E-state index in [9.17, 15) is 4.79 Å². The van der Waals surface area contributed by atoms with Crippen LogP contribution in [-0.2, 0) is 6.42 Å². The van der Waals surface area contributed by atoms with Gasteiger partial charge in [-0.15, -0.1) is 0 Å². The summed E-state index contributed by atoms with van der Waals surface area (Å²) >= 11 is 0. The highest BCUT2D eigenvalue weighted by atomic mass is 16.3. The molecule has 1 aromatic heterocycles. The number of aliphatic hydroxyl groups excluding tert-OH is 1. The fraction of sp³-hybridized carbons (Fsp3) is 0.571. The number of amides is 1. The van der Waals surface area contributed by atoms with Crippen molar-refractivity contribution in [2.75, 3.05) is 33.8 Å². The molecule has 1 fully saturated rings. The minimum atomic E-state index is 0.0295.